The van der Waals surface area contributed by atoms with E-state index in [0.717, 1.165) is 22.1 Å². The monoisotopic (exact) mass is 172 g/mol. The van der Waals surface area contributed by atoms with E-state index in [0.29, 0.717) is 0 Å². The van der Waals surface area contributed by atoms with Crippen LogP contribution in [0.2, 0.25) is 0 Å². The molecule has 2 nitrogen and oxygen atoms in total. The highest BCUT2D eigenvalue weighted by atomic mass is 15.3. The van der Waals surface area contributed by atoms with Crippen LogP contribution in [0.25, 0.3) is 0 Å². The predicted octanol–water partition coefficient (Wildman–Crippen LogP) is 0.955. The van der Waals surface area contributed by atoms with Gasteiger partial charge in [0.15, 0.2) is 0 Å². The summed E-state index contributed by atoms with van der Waals surface area (Å²) in [5.41, 5.74) is 0. The van der Waals surface area contributed by atoms with E-state index in [1.54, 1.807) is 0 Å². The highest BCUT2D eigenvalue weighted by molar-refractivity contribution is 4.80. The fourth-order valence-electron chi connectivity index (χ4n) is 0.782. The first-order chi connectivity index (χ1) is 5.21. The van der Waals surface area contributed by atoms with Crippen molar-refractivity contribution >= 4 is 0 Å². The van der Waals surface area contributed by atoms with Crippen molar-refractivity contribution in [1.82, 2.24) is 0 Å². The minimum Gasteiger partial charge on any atom is -0.328 e. The lowest BCUT2D eigenvalue weighted by Gasteiger charge is -2.23. The number of quaternary nitrogens is 2. The second-order valence-electron chi connectivity index (χ2n) is 5.42. The van der Waals surface area contributed by atoms with Crippen molar-refractivity contribution in [3.8, 4) is 0 Å². The zero-order chi connectivity index (χ0) is 9.83. The van der Waals surface area contributed by atoms with Crippen LogP contribution in [0.1, 0.15) is 0 Å². The molecule has 0 saturated heterocycles. The Kier molecular flexibility index (Phi) is 3.94. The first-order valence-electron chi connectivity index (χ1n) is 4.47. The molecule has 72 valence electrons. The quantitative estimate of drug-likeness (QED) is 0.437. The number of hydrogen-bond acceptors (Lipinski definition) is 0. The van der Waals surface area contributed by atoms with E-state index in [9.17, 15) is 0 Å². The maximum atomic E-state index is 2.27. The van der Waals surface area contributed by atoms with E-state index in [1.165, 1.54) is 0 Å². The lowest BCUT2D eigenvalue weighted by Crippen LogP contribution is -2.36. The summed E-state index contributed by atoms with van der Waals surface area (Å²) in [5.74, 6) is 0. The first kappa shape index (κ1) is 11.7. The molecule has 0 aromatic heterocycles. The van der Waals surface area contributed by atoms with Crippen molar-refractivity contribution in [2.24, 2.45) is 0 Å². The first-order valence-corrected chi connectivity index (χ1v) is 4.47. The molecule has 2 heteroatoms. The normalized spacial score (nSPS) is 14.2. The molecule has 0 atom stereocenters. The Labute approximate surface area is 77.3 Å². The maximum Gasteiger partial charge on any atom is 0.0969 e. The lowest BCUT2D eigenvalue weighted by molar-refractivity contribution is -0.866. The molecule has 0 aliphatic heterocycles. The van der Waals surface area contributed by atoms with Crippen LogP contribution in [0.4, 0.5) is 0 Å². The summed E-state index contributed by atoms with van der Waals surface area (Å²) < 4.78 is 2.02. The Bertz CT molecular complexity index is 128. The lowest BCUT2D eigenvalue weighted by atomic mass is 10.4. The fourth-order valence-corrected chi connectivity index (χ4v) is 0.782. The highest BCUT2D eigenvalue weighted by Gasteiger charge is 2.04. The Hall–Kier alpha value is -0.340. The summed E-state index contributed by atoms with van der Waals surface area (Å²) in [6.45, 7) is 2.22. The average Bonchev–Trinajstić information content (AvgIpc) is 1.76. The standard InChI is InChI=1S/C10H24N2/c1-11(2,3)9-7-8-10-12(4,5)6/h7-8H,9-10H2,1-6H3/q+2/b8-7-. The summed E-state index contributed by atoms with van der Waals surface area (Å²) in [7, 11) is 13.2. The van der Waals surface area contributed by atoms with Gasteiger partial charge in [-0.2, -0.15) is 0 Å². The molecule has 0 fully saturated rings. The maximum absolute atomic E-state index is 2.27. The zero-order valence-electron chi connectivity index (χ0n) is 9.46. The van der Waals surface area contributed by atoms with Gasteiger partial charge in [-0.05, 0) is 12.2 Å². The molecular formula is C10H24N2+2. The van der Waals surface area contributed by atoms with Crippen LogP contribution in [0, 0.1) is 0 Å². The molecule has 0 aromatic rings. The minimum atomic E-state index is 1.01. The summed E-state index contributed by atoms with van der Waals surface area (Å²) >= 11 is 0. The van der Waals surface area contributed by atoms with Gasteiger partial charge < -0.3 is 8.97 Å². The van der Waals surface area contributed by atoms with Gasteiger partial charge in [-0.1, -0.05) is 0 Å². The van der Waals surface area contributed by atoms with Crippen LogP contribution in [-0.4, -0.2) is 64.3 Å². The largest absolute Gasteiger partial charge is 0.328 e. The molecule has 0 saturated carbocycles. The second-order valence-corrected chi connectivity index (χ2v) is 5.42. The molecule has 0 rings (SSSR count). The van der Waals surface area contributed by atoms with E-state index in [4.69, 9.17) is 0 Å². The fraction of sp³-hybridized carbons (Fsp3) is 0.800. The molecule has 0 aliphatic rings. The van der Waals surface area contributed by atoms with Crippen LogP contribution in [0.3, 0.4) is 0 Å². The predicted molar refractivity (Wildman–Crippen MR) is 54.9 cm³/mol. The van der Waals surface area contributed by atoms with Gasteiger partial charge in [0.1, 0.15) is 0 Å². The van der Waals surface area contributed by atoms with Crippen molar-refractivity contribution in [2.45, 2.75) is 0 Å². The SMILES string of the molecule is C[N+](C)(C)C/C=C\C[N+](C)(C)C. The summed E-state index contributed by atoms with van der Waals surface area (Å²) in [4.78, 5) is 0. The van der Waals surface area contributed by atoms with E-state index in [1.807, 2.05) is 0 Å². The van der Waals surface area contributed by atoms with Crippen molar-refractivity contribution in [3.05, 3.63) is 12.2 Å². The third-order valence-corrected chi connectivity index (χ3v) is 1.47. The van der Waals surface area contributed by atoms with Crippen LogP contribution in [-0.2, 0) is 0 Å². The van der Waals surface area contributed by atoms with E-state index in [2.05, 4.69) is 54.4 Å². The number of hydrogen-bond donors (Lipinski definition) is 0. The second kappa shape index (κ2) is 4.06. The van der Waals surface area contributed by atoms with E-state index >= 15 is 0 Å². The van der Waals surface area contributed by atoms with Crippen LogP contribution in [0.15, 0.2) is 12.2 Å². The van der Waals surface area contributed by atoms with Gasteiger partial charge >= 0.3 is 0 Å². The van der Waals surface area contributed by atoms with Crippen LogP contribution < -0.4 is 0 Å². The molecule has 0 spiro atoms. The van der Waals surface area contributed by atoms with Gasteiger partial charge in [0, 0.05) is 0 Å². The third kappa shape index (κ3) is 9.66. The van der Waals surface area contributed by atoms with Crippen LogP contribution >= 0.6 is 0 Å². The molecule has 0 amide bonds. The van der Waals surface area contributed by atoms with Crippen molar-refractivity contribution in [2.75, 3.05) is 55.4 Å². The van der Waals surface area contributed by atoms with Gasteiger partial charge in [-0.15, -0.1) is 0 Å². The van der Waals surface area contributed by atoms with Gasteiger partial charge in [0.25, 0.3) is 0 Å². The Morgan fingerprint density at radius 3 is 1.08 bits per heavy atom. The molecule has 0 bridgehead atoms. The molecule has 0 aliphatic carbocycles. The summed E-state index contributed by atoms with van der Waals surface area (Å²) in [6.07, 6.45) is 4.53. The molecular weight excluding hydrogens is 148 g/mol. The van der Waals surface area contributed by atoms with Crippen molar-refractivity contribution in [3.63, 3.8) is 0 Å². The van der Waals surface area contributed by atoms with Crippen LogP contribution in [0.5, 0.6) is 0 Å². The van der Waals surface area contributed by atoms with E-state index in [-0.39, 0.29) is 0 Å². The van der Waals surface area contributed by atoms with Gasteiger partial charge in [0.05, 0.1) is 55.4 Å². The number of nitrogens with zero attached hydrogens (tertiary/aromatic N) is 2. The highest BCUT2D eigenvalue weighted by Crippen LogP contribution is 1.93. The Morgan fingerprint density at radius 2 is 0.917 bits per heavy atom. The Morgan fingerprint density at radius 1 is 0.667 bits per heavy atom. The topological polar surface area (TPSA) is 0 Å². The number of rotatable bonds is 4. The molecule has 0 N–H and O–H groups in total. The Balaban J connectivity index is 3.66. The van der Waals surface area contributed by atoms with E-state index < -0.39 is 0 Å². The van der Waals surface area contributed by atoms with Gasteiger partial charge in [0.2, 0.25) is 0 Å². The van der Waals surface area contributed by atoms with Gasteiger partial charge in [-0.25, -0.2) is 0 Å². The number of likely N-dealkylation sites (N-methyl/N-ethyl adjacent to an activating group) is 2. The molecule has 0 unspecified atom stereocenters. The molecule has 0 radical (unpaired) electrons. The molecule has 0 aromatic carbocycles. The molecule has 12 heavy (non-hydrogen) atoms. The minimum absolute atomic E-state index is 1.01. The smallest absolute Gasteiger partial charge is 0.0969 e. The van der Waals surface area contributed by atoms with Crippen molar-refractivity contribution in [1.29, 1.82) is 0 Å². The van der Waals surface area contributed by atoms with Gasteiger partial charge in [-0.3, -0.25) is 0 Å². The summed E-state index contributed by atoms with van der Waals surface area (Å²) in [6, 6.07) is 0. The molecule has 0 heterocycles. The zero-order valence-corrected chi connectivity index (χ0v) is 9.46. The van der Waals surface area contributed by atoms with Crippen molar-refractivity contribution < 1.29 is 8.97 Å². The third-order valence-electron chi connectivity index (χ3n) is 1.47. The summed E-state index contributed by atoms with van der Waals surface area (Å²) in [5, 5.41) is 0. The average molecular weight is 172 g/mol.